The monoisotopic (exact) mass is 213 g/mol. The van der Waals surface area contributed by atoms with E-state index < -0.39 is 11.7 Å². The molecule has 0 radical (unpaired) electrons. The predicted octanol–water partition coefficient (Wildman–Crippen LogP) is 2.29. The fourth-order valence-corrected chi connectivity index (χ4v) is 1.14. The van der Waals surface area contributed by atoms with E-state index in [0.29, 0.717) is 5.69 Å². The van der Waals surface area contributed by atoms with Crippen molar-refractivity contribution in [3.8, 4) is 5.69 Å². The van der Waals surface area contributed by atoms with Crippen LogP contribution in [0.5, 0.6) is 0 Å². The first-order valence-corrected chi connectivity index (χ1v) is 4.09. The zero-order valence-electron chi connectivity index (χ0n) is 7.44. The van der Waals surface area contributed by atoms with Gasteiger partial charge in [0.1, 0.15) is 12.7 Å². The van der Waals surface area contributed by atoms with Crippen molar-refractivity contribution in [2.45, 2.75) is 6.18 Å². The van der Waals surface area contributed by atoms with Crippen molar-refractivity contribution in [2.24, 2.45) is 0 Å². The lowest BCUT2D eigenvalue weighted by Gasteiger charge is -2.06. The summed E-state index contributed by atoms with van der Waals surface area (Å²) in [7, 11) is 0. The van der Waals surface area contributed by atoms with E-state index in [1.807, 2.05) is 0 Å². The lowest BCUT2D eigenvalue weighted by atomic mass is 10.2. The summed E-state index contributed by atoms with van der Waals surface area (Å²) >= 11 is 0. The van der Waals surface area contributed by atoms with Crippen LogP contribution in [0.25, 0.3) is 5.69 Å². The van der Waals surface area contributed by atoms with E-state index in [1.165, 1.54) is 29.5 Å². The third-order valence-electron chi connectivity index (χ3n) is 1.88. The van der Waals surface area contributed by atoms with Gasteiger partial charge in [-0.1, -0.05) is 0 Å². The van der Waals surface area contributed by atoms with Crippen molar-refractivity contribution in [1.29, 1.82) is 0 Å². The van der Waals surface area contributed by atoms with Crippen molar-refractivity contribution in [3.05, 3.63) is 42.5 Å². The normalized spacial score (nSPS) is 11.7. The van der Waals surface area contributed by atoms with E-state index in [-0.39, 0.29) is 0 Å². The van der Waals surface area contributed by atoms with Crippen LogP contribution >= 0.6 is 0 Å². The van der Waals surface area contributed by atoms with Gasteiger partial charge in [-0.15, -0.1) is 0 Å². The Kier molecular flexibility index (Phi) is 2.18. The Hall–Kier alpha value is -1.85. The topological polar surface area (TPSA) is 30.7 Å². The zero-order chi connectivity index (χ0) is 10.9. The highest BCUT2D eigenvalue weighted by Gasteiger charge is 2.29. The van der Waals surface area contributed by atoms with Gasteiger partial charge in [0.25, 0.3) is 0 Å². The Labute approximate surface area is 83.2 Å². The highest BCUT2D eigenvalue weighted by atomic mass is 19.4. The van der Waals surface area contributed by atoms with Crippen LogP contribution in [0.4, 0.5) is 13.2 Å². The largest absolute Gasteiger partial charge is 0.416 e. The van der Waals surface area contributed by atoms with Gasteiger partial charge in [-0.3, -0.25) is 0 Å². The summed E-state index contributed by atoms with van der Waals surface area (Å²) in [4.78, 5) is 3.70. The maximum absolute atomic E-state index is 12.2. The number of nitrogens with zero attached hydrogens (tertiary/aromatic N) is 3. The number of benzene rings is 1. The molecular weight excluding hydrogens is 207 g/mol. The Morgan fingerprint density at radius 3 is 2.20 bits per heavy atom. The first-order chi connectivity index (χ1) is 7.07. The second-order valence-electron chi connectivity index (χ2n) is 2.88. The van der Waals surface area contributed by atoms with Crippen molar-refractivity contribution in [2.75, 3.05) is 0 Å². The molecule has 0 fully saturated rings. The standard InChI is InChI=1S/C9H6F3N3/c10-9(11,12)7-1-3-8(4-2-7)15-6-13-5-14-15/h1-6H. The molecule has 0 bridgehead atoms. The van der Waals surface area contributed by atoms with Crippen LogP contribution in [0.3, 0.4) is 0 Å². The van der Waals surface area contributed by atoms with Crippen LogP contribution in [0.15, 0.2) is 36.9 Å². The summed E-state index contributed by atoms with van der Waals surface area (Å²) in [5.41, 5.74) is -0.133. The molecule has 15 heavy (non-hydrogen) atoms. The van der Waals surface area contributed by atoms with Gasteiger partial charge in [0.2, 0.25) is 0 Å². The SMILES string of the molecule is FC(F)(F)c1ccc(-n2cncn2)cc1. The van der Waals surface area contributed by atoms with Gasteiger partial charge >= 0.3 is 6.18 Å². The molecule has 0 atom stereocenters. The molecule has 0 saturated heterocycles. The minimum atomic E-state index is -4.30. The average Bonchev–Trinajstić information content (AvgIpc) is 2.69. The van der Waals surface area contributed by atoms with Crippen LogP contribution in [0.1, 0.15) is 5.56 Å². The molecule has 0 N–H and O–H groups in total. The van der Waals surface area contributed by atoms with Gasteiger partial charge < -0.3 is 0 Å². The van der Waals surface area contributed by atoms with Gasteiger partial charge in [0, 0.05) is 0 Å². The molecule has 2 aromatic rings. The van der Waals surface area contributed by atoms with Gasteiger partial charge in [0.05, 0.1) is 11.3 Å². The summed E-state index contributed by atoms with van der Waals surface area (Å²) in [6.45, 7) is 0. The maximum atomic E-state index is 12.2. The molecule has 0 aliphatic heterocycles. The zero-order valence-corrected chi connectivity index (χ0v) is 7.44. The second-order valence-corrected chi connectivity index (χ2v) is 2.88. The Bertz CT molecular complexity index is 431. The van der Waals surface area contributed by atoms with Crippen LogP contribution in [-0.4, -0.2) is 14.8 Å². The maximum Gasteiger partial charge on any atom is 0.416 e. The van der Waals surface area contributed by atoms with Gasteiger partial charge in [0.15, 0.2) is 0 Å². The Morgan fingerprint density at radius 2 is 1.73 bits per heavy atom. The van der Waals surface area contributed by atoms with Gasteiger partial charge in [-0.05, 0) is 24.3 Å². The minimum Gasteiger partial charge on any atom is -0.223 e. The van der Waals surface area contributed by atoms with E-state index in [2.05, 4.69) is 10.1 Å². The van der Waals surface area contributed by atoms with Crippen LogP contribution in [-0.2, 0) is 6.18 Å². The van der Waals surface area contributed by atoms with Crippen LogP contribution in [0, 0.1) is 0 Å². The molecule has 0 aliphatic carbocycles. The molecule has 6 heteroatoms. The van der Waals surface area contributed by atoms with Crippen molar-refractivity contribution in [1.82, 2.24) is 14.8 Å². The van der Waals surface area contributed by atoms with Crippen molar-refractivity contribution in [3.63, 3.8) is 0 Å². The highest BCUT2D eigenvalue weighted by molar-refractivity contribution is 5.34. The summed E-state index contributed by atoms with van der Waals surface area (Å²) in [5, 5.41) is 3.80. The van der Waals surface area contributed by atoms with E-state index >= 15 is 0 Å². The number of alkyl halides is 3. The van der Waals surface area contributed by atoms with Crippen molar-refractivity contribution < 1.29 is 13.2 Å². The van der Waals surface area contributed by atoms with Gasteiger partial charge in [-0.2, -0.15) is 18.3 Å². The third kappa shape index (κ3) is 1.98. The molecular formula is C9H6F3N3. The lowest BCUT2D eigenvalue weighted by molar-refractivity contribution is -0.137. The first-order valence-electron chi connectivity index (χ1n) is 4.09. The molecule has 0 saturated carbocycles. The fourth-order valence-electron chi connectivity index (χ4n) is 1.14. The summed E-state index contributed by atoms with van der Waals surface area (Å²) in [5.74, 6) is 0. The smallest absolute Gasteiger partial charge is 0.223 e. The van der Waals surface area contributed by atoms with Crippen LogP contribution in [0.2, 0.25) is 0 Å². The Morgan fingerprint density at radius 1 is 1.07 bits per heavy atom. The number of hydrogen-bond acceptors (Lipinski definition) is 2. The molecule has 0 unspecified atom stereocenters. The summed E-state index contributed by atoms with van der Waals surface area (Å²) in [6.07, 6.45) is -1.57. The van der Waals surface area contributed by atoms with E-state index in [9.17, 15) is 13.2 Å². The minimum absolute atomic E-state index is 0.542. The molecule has 3 nitrogen and oxygen atoms in total. The molecule has 1 aromatic carbocycles. The molecule has 2 rings (SSSR count). The number of hydrogen-bond donors (Lipinski definition) is 0. The average molecular weight is 213 g/mol. The van der Waals surface area contributed by atoms with Crippen molar-refractivity contribution >= 4 is 0 Å². The second kappa shape index (κ2) is 3.38. The van der Waals surface area contributed by atoms with E-state index in [4.69, 9.17) is 0 Å². The predicted molar refractivity (Wildman–Crippen MR) is 46.4 cm³/mol. The molecule has 1 heterocycles. The molecule has 1 aromatic heterocycles. The number of aromatic nitrogens is 3. The van der Waals surface area contributed by atoms with Crippen LogP contribution < -0.4 is 0 Å². The van der Waals surface area contributed by atoms with E-state index in [0.717, 1.165) is 12.1 Å². The molecule has 0 aliphatic rings. The Balaban J connectivity index is 2.33. The number of halogens is 3. The molecule has 0 spiro atoms. The van der Waals surface area contributed by atoms with E-state index in [1.54, 1.807) is 0 Å². The highest BCUT2D eigenvalue weighted by Crippen LogP contribution is 2.29. The first kappa shape index (κ1) is 9.70. The number of rotatable bonds is 1. The quantitative estimate of drug-likeness (QED) is 0.727. The lowest BCUT2D eigenvalue weighted by Crippen LogP contribution is -2.05. The molecule has 78 valence electrons. The van der Waals surface area contributed by atoms with Gasteiger partial charge in [-0.25, -0.2) is 9.67 Å². The third-order valence-corrected chi connectivity index (χ3v) is 1.88. The summed E-state index contributed by atoms with van der Waals surface area (Å²) in [6, 6.07) is 4.71. The molecule has 0 amide bonds. The summed E-state index contributed by atoms with van der Waals surface area (Å²) < 4.78 is 38.1. The fraction of sp³-hybridized carbons (Fsp3) is 0.111.